The molecule has 1 N–H and O–H groups in total. The van der Waals surface area contributed by atoms with Crippen molar-refractivity contribution in [2.75, 3.05) is 18.6 Å². The van der Waals surface area contributed by atoms with Crippen LogP contribution in [0.2, 0.25) is 0 Å². The highest BCUT2D eigenvalue weighted by atomic mass is 16.5. The third-order valence-corrected chi connectivity index (χ3v) is 5.85. The van der Waals surface area contributed by atoms with Crippen molar-refractivity contribution in [3.8, 4) is 5.75 Å². The molecule has 2 heterocycles. The predicted octanol–water partition coefficient (Wildman–Crippen LogP) is 1.74. The quantitative estimate of drug-likeness (QED) is 0.656. The van der Waals surface area contributed by atoms with Gasteiger partial charge in [-0.1, -0.05) is 6.07 Å². The summed E-state index contributed by atoms with van der Waals surface area (Å²) in [6.45, 7) is 0.453. The van der Waals surface area contributed by atoms with E-state index in [1.807, 2.05) is 42.5 Å². The minimum absolute atomic E-state index is 0.00841. The van der Waals surface area contributed by atoms with E-state index in [-0.39, 0.29) is 30.0 Å². The number of amides is 2. The number of imidazole rings is 1. The summed E-state index contributed by atoms with van der Waals surface area (Å²) in [4.78, 5) is 38.6. The monoisotopic (exact) mass is 422 g/mol. The van der Waals surface area contributed by atoms with Gasteiger partial charge in [0, 0.05) is 39.2 Å². The van der Waals surface area contributed by atoms with E-state index in [0.717, 1.165) is 28.0 Å². The molecular weight excluding hydrogens is 396 g/mol. The maximum atomic E-state index is 12.5. The molecule has 8 heteroatoms. The summed E-state index contributed by atoms with van der Waals surface area (Å²) in [6, 6.07) is 12.9. The number of aryl methyl sites for hydroxylation is 3. The van der Waals surface area contributed by atoms with Gasteiger partial charge in [-0.15, -0.1) is 0 Å². The Morgan fingerprint density at radius 3 is 2.48 bits per heavy atom. The van der Waals surface area contributed by atoms with E-state index in [1.54, 1.807) is 35.2 Å². The van der Waals surface area contributed by atoms with Gasteiger partial charge in [-0.2, -0.15) is 0 Å². The highest BCUT2D eigenvalue weighted by molar-refractivity contribution is 5.97. The Morgan fingerprint density at radius 2 is 1.77 bits per heavy atom. The van der Waals surface area contributed by atoms with Gasteiger partial charge in [0.1, 0.15) is 5.75 Å². The fourth-order valence-electron chi connectivity index (χ4n) is 4.08. The molecule has 1 aliphatic rings. The molecule has 0 saturated carbocycles. The summed E-state index contributed by atoms with van der Waals surface area (Å²) < 4.78 is 8.37. The molecule has 8 nitrogen and oxygen atoms in total. The zero-order chi connectivity index (χ0) is 22.1. The number of hydrogen-bond donors (Lipinski definition) is 1. The highest BCUT2D eigenvalue weighted by Crippen LogP contribution is 2.24. The van der Waals surface area contributed by atoms with Gasteiger partial charge >= 0.3 is 5.69 Å². The van der Waals surface area contributed by atoms with Crippen molar-refractivity contribution in [3.63, 3.8) is 0 Å². The van der Waals surface area contributed by atoms with E-state index in [2.05, 4.69) is 5.32 Å². The van der Waals surface area contributed by atoms with Gasteiger partial charge in [-0.3, -0.25) is 18.7 Å². The Morgan fingerprint density at radius 1 is 1.06 bits per heavy atom. The second-order valence-electron chi connectivity index (χ2n) is 7.89. The summed E-state index contributed by atoms with van der Waals surface area (Å²) in [5, 5.41) is 2.98. The van der Waals surface area contributed by atoms with Gasteiger partial charge in [0.15, 0.2) is 0 Å². The van der Waals surface area contributed by atoms with Crippen LogP contribution in [0.15, 0.2) is 47.3 Å². The summed E-state index contributed by atoms with van der Waals surface area (Å²) in [7, 11) is 5.09. The van der Waals surface area contributed by atoms with E-state index in [9.17, 15) is 14.4 Å². The van der Waals surface area contributed by atoms with Crippen molar-refractivity contribution in [2.45, 2.75) is 25.3 Å². The van der Waals surface area contributed by atoms with Crippen molar-refractivity contribution in [1.29, 1.82) is 0 Å². The number of methoxy groups -OCH3 is 1. The van der Waals surface area contributed by atoms with Gasteiger partial charge in [0.25, 0.3) is 0 Å². The van der Waals surface area contributed by atoms with Crippen molar-refractivity contribution < 1.29 is 14.3 Å². The van der Waals surface area contributed by atoms with Crippen LogP contribution in [0.25, 0.3) is 11.0 Å². The lowest BCUT2D eigenvalue weighted by Gasteiger charge is -2.17. The van der Waals surface area contributed by atoms with Crippen LogP contribution in [0.5, 0.6) is 5.75 Å². The second kappa shape index (κ2) is 8.29. The van der Waals surface area contributed by atoms with Crippen LogP contribution < -0.4 is 20.6 Å². The molecule has 0 bridgehead atoms. The lowest BCUT2D eigenvalue weighted by atomic mass is 10.1. The molecule has 0 aliphatic carbocycles. The molecule has 3 aromatic rings. The number of fused-ring (bicyclic) bond motifs is 1. The molecule has 0 radical (unpaired) electrons. The van der Waals surface area contributed by atoms with Gasteiger partial charge in [0.2, 0.25) is 11.8 Å². The molecule has 2 amide bonds. The van der Waals surface area contributed by atoms with Crippen LogP contribution >= 0.6 is 0 Å². The van der Waals surface area contributed by atoms with E-state index < -0.39 is 0 Å². The molecule has 0 spiro atoms. The predicted molar refractivity (Wildman–Crippen MR) is 118 cm³/mol. The Hall–Kier alpha value is -3.55. The fourth-order valence-corrected chi connectivity index (χ4v) is 4.08. The number of carbonyl (C=O) groups excluding carboxylic acids is 2. The molecule has 1 aliphatic heterocycles. The smallest absolute Gasteiger partial charge is 0.328 e. The van der Waals surface area contributed by atoms with Crippen LogP contribution in [-0.2, 0) is 30.1 Å². The maximum Gasteiger partial charge on any atom is 0.328 e. The summed E-state index contributed by atoms with van der Waals surface area (Å²) >= 11 is 0. The Labute approximate surface area is 180 Å². The molecule has 4 rings (SSSR count). The molecule has 162 valence electrons. The number of aromatic nitrogens is 2. The first-order valence-corrected chi connectivity index (χ1v) is 10.3. The first kappa shape index (κ1) is 20.7. The molecule has 1 saturated heterocycles. The van der Waals surface area contributed by atoms with Gasteiger partial charge in [0.05, 0.1) is 24.2 Å². The lowest BCUT2D eigenvalue weighted by Crippen LogP contribution is -2.37. The summed E-state index contributed by atoms with van der Waals surface area (Å²) in [5.41, 5.74) is 3.43. The van der Waals surface area contributed by atoms with Crippen molar-refractivity contribution in [3.05, 3.63) is 58.5 Å². The van der Waals surface area contributed by atoms with Crippen molar-refractivity contribution in [2.24, 2.45) is 14.1 Å². The first-order chi connectivity index (χ1) is 14.9. The molecule has 1 unspecified atom stereocenters. The third-order valence-electron chi connectivity index (χ3n) is 5.85. The highest BCUT2D eigenvalue weighted by Gasteiger charge is 2.31. The fraction of sp³-hybridized carbons (Fsp3) is 0.348. The summed E-state index contributed by atoms with van der Waals surface area (Å²) in [5.74, 6) is 0.636. The number of rotatable bonds is 6. The van der Waals surface area contributed by atoms with Gasteiger partial charge < -0.3 is 15.0 Å². The zero-order valence-electron chi connectivity index (χ0n) is 17.9. The van der Waals surface area contributed by atoms with Crippen LogP contribution in [0.3, 0.4) is 0 Å². The van der Waals surface area contributed by atoms with E-state index in [0.29, 0.717) is 19.4 Å². The standard InChI is InChI=1S/C23H26N4O4/c1-25-19-10-4-15(12-20(19)26(2)23(25)30)5-11-21(28)24-16-13-22(29)27(14-16)17-6-8-18(31-3)9-7-17/h4,6-10,12,16H,5,11,13-14H2,1-3H3,(H,24,28). The molecular formula is C23H26N4O4. The second-order valence-corrected chi connectivity index (χ2v) is 7.89. The number of hydrogen-bond acceptors (Lipinski definition) is 4. The number of carbonyl (C=O) groups is 2. The zero-order valence-corrected chi connectivity index (χ0v) is 17.9. The number of anilines is 1. The molecule has 1 atom stereocenters. The van der Waals surface area contributed by atoms with Crippen LogP contribution in [0.4, 0.5) is 5.69 Å². The van der Waals surface area contributed by atoms with Crippen molar-refractivity contribution in [1.82, 2.24) is 14.5 Å². The maximum absolute atomic E-state index is 12.5. The summed E-state index contributed by atoms with van der Waals surface area (Å²) in [6.07, 6.45) is 1.17. The van der Waals surface area contributed by atoms with Crippen LogP contribution in [-0.4, -0.2) is 40.6 Å². The van der Waals surface area contributed by atoms with Crippen molar-refractivity contribution >= 4 is 28.5 Å². The third kappa shape index (κ3) is 4.05. The van der Waals surface area contributed by atoms with E-state index in [4.69, 9.17) is 4.74 Å². The normalized spacial score (nSPS) is 16.2. The number of nitrogens with one attached hydrogen (secondary N) is 1. The molecule has 2 aromatic carbocycles. The average molecular weight is 422 g/mol. The van der Waals surface area contributed by atoms with E-state index in [1.165, 1.54) is 0 Å². The lowest BCUT2D eigenvalue weighted by molar-refractivity contribution is -0.121. The number of ether oxygens (including phenoxy) is 1. The Bertz CT molecular complexity index is 1190. The largest absolute Gasteiger partial charge is 0.497 e. The van der Waals surface area contributed by atoms with Gasteiger partial charge in [-0.05, 0) is 48.4 Å². The molecule has 1 aromatic heterocycles. The average Bonchev–Trinajstić information content (AvgIpc) is 3.24. The minimum atomic E-state index is -0.209. The topological polar surface area (TPSA) is 85.6 Å². The van der Waals surface area contributed by atoms with E-state index >= 15 is 0 Å². The number of nitrogens with zero attached hydrogens (tertiary/aromatic N) is 3. The van der Waals surface area contributed by atoms with Crippen LogP contribution in [0.1, 0.15) is 18.4 Å². The Kier molecular flexibility index (Phi) is 5.54. The Balaban J connectivity index is 1.35. The minimum Gasteiger partial charge on any atom is -0.497 e. The number of benzene rings is 2. The molecule has 1 fully saturated rings. The molecule has 31 heavy (non-hydrogen) atoms. The van der Waals surface area contributed by atoms with Crippen LogP contribution in [0, 0.1) is 0 Å². The van der Waals surface area contributed by atoms with Gasteiger partial charge in [-0.25, -0.2) is 4.79 Å². The first-order valence-electron chi connectivity index (χ1n) is 10.3. The SMILES string of the molecule is COc1ccc(N2CC(NC(=O)CCc3ccc4c(c3)n(C)c(=O)n4C)CC2=O)cc1.